The van der Waals surface area contributed by atoms with Crippen LogP contribution in [-0.4, -0.2) is 35.9 Å². The highest BCUT2D eigenvalue weighted by atomic mass is 31.1. The van der Waals surface area contributed by atoms with E-state index in [1.807, 2.05) is 13.8 Å². The van der Waals surface area contributed by atoms with Gasteiger partial charge < -0.3 is 21.7 Å². The maximum atomic E-state index is 11.4. The van der Waals surface area contributed by atoms with Crippen molar-refractivity contribution >= 4 is 8.25 Å². The molecular weight excluding hydrogens is 283 g/mol. The van der Waals surface area contributed by atoms with Crippen LogP contribution >= 0.6 is 8.25 Å². The molecule has 0 amide bonds. The lowest BCUT2D eigenvalue weighted by atomic mass is 10.1. The Morgan fingerprint density at radius 1 is 0.950 bits per heavy atom. The Labute approximate surface area is 121 Å². The van der Waals surface area contributed by atoms with E-state index in [4.69, 9.17) is 30.7 Å². The maximum absolute atomic E-state index is 11.4. The smallest absolute Gasteiger partial charge is 0.379 e. The SMILES string of the molecule is CC(CCCO[P+](=O)OCCCC(C)C(N)O)C(N)O. The summed E-state index contributed by atoms with van der Waals surface area (Å²) in [6.45, 7) is 4.30. The van der Waals surface area contributed by atoms with Gasteiger partial charge in [-0.3, -0.25) is 0 Å². The Morgan fingerprint density at radius 2 is 1.30 bits per heavy atom. The molecule has 0 aliphatic rings. The van der Waals surface area contributed by atoms with Crippen molar-refractivity contribution in [1.29, 1.82) is 0 Å². The number of hydrogen-bond acceptors (Lipinski definition) is 7. The van der Waals surface area contributed by atoms with Crippen LogP contribution in [0.2, 0.25) is 0 Å². The minimum atomic E-state index is -2.11. The molecule has 0 fully saturated rings. The first kappa shape index (κ1) is 19.9. The quantitative estimate of drug-likeness (QED) is 0.241. The fourth-order valence-electron chi connectivity index (χ4n) is 1.47. The van der Waals surface area contributed by atoms with Gasteiger partial charge in [-0.25, -0.2) is 0 Å². The van der Waals surface area contributed by atoms with Crippen molar-refractivity contribution in [3.05, 3.63) is 0 Å². The molecule has 120 valence electrons. The zero-order valence-corrected chi connectivity index (χ0v) is 13.2. The zero-order valence-electron chi connectivity index (χ0n) is 12.3. The largest absolute Gasteiger partial charge is 0.697 e. The molecule has 0 aromatic carbocycles. The fourth-order valence-corrected chi connectivity index (χ4v) is 2.10. The topological polar surface area (TPSA) is 128 Å². The van der Waals surface area contributed by atoms with Crippen LogP contribution in [0.1, 0.15) is 39.5 Å². The van der Waals surface area contributed by atoms with Crippen LogP contribution < -0.4 is 11.5 Å². The third kappa shape index (κ3) is 10.6. The summed E-state index contributed by atoms with van der Waals surface area (Å²) in [6.07, 6.45) is 1.06. The molecule has 20 heavy (non-hydrogen) atoms. The Bertz CT molecular complexity index is 242. The minimum absolute atomic E-state index is 0.0124. The molecule has 0 spiro atoms. The molecule has 0 saturated carbocycles. The summed E-state index contributed by atoms with van der Waals surface area (Å²) in [7, 11) is -2.11. The van der Waals surface area contributed by atoms with Crippen LogP contribution in [0.25, 0.3) is 0 Å². The van der Waals surface area contributed by atoms with Crippen LogP contribution in [0.15, 0.2) is 0 Å². The van der Waals surface area contributed by atoms with E-state index in [0.717, 1.165) is 0 Å². The third-order valence-corrected chi connectivity index (χ3v) is 3.95. The van der Waals surface area contributed by atoms with E-state index in [9.17, 15) is 4.57 Å². The zero-order chi connectivity index (χ0) is 15.5. The molecule has 0 aliphatic carbocycles. The van der Waals surface area contributed by atoms with Gasteiger partial charge >= 0.3 is 8.25 Å². The van der Waals surface area contributed by atoms with E-state index in [2.05, 4.69) is 0 Å². The number of aliphatic hydroxyl groups is 2. The van der Waals surface area contributed by atoms with Gasteiger partial charge in [-0.05, 0) is 37.5 Å². The van der Waals surface area contributed by atoms with Crippen molar-refractivity contribution in [2.75, 3.05) is 13.2 Å². The molecular formula is C12H28N2O5P+. The van der Waals surface area contributed by atoms with E-state index in [1.54, 1.807) is 0 Å². The summed E-state index contributed by atoms with van der Waals surface area (Å²) in [5.74, 6) is -0.0249. The summed E-state index contributed by atoms with van der Waals surface area (Å²) in [5.41, 5.74) is 10.6. The van der Waals surface area contributed by atoms with Gasteiger partial charge in [0.15, 0.2) is 0 Å². The van der Waals surface area contributed by atoms with E-state index < -0.39 is 20.7 Å². The van der Waals surface area contributed by atoms with Crippen LogP contribution in [0.5, 0.6) is 0 Å². The molecule has 0 aromatic heterocycles. The summed E-state index contributed by atoms with van der Waals surface area (Å²) >= 11 is 0. The summed E-state index contributed by atoms with van der Waals surface area (Å²) in [6, 6.07) is 0. The maximum Gasteiger partial charge on any atom is 0.697 e. The molecule has 6 N–H and O–H groups in total. The molecule has 8 heteroatoms. The second-order valence-electron chi connectivity index (χ2n) is 5.11. The number of aliphatic hydroxyl groups excluding tert-OH is 2. The predicted molar refractivity (Wildman–Crippen MR) is 76.7 cm³/mol. The predicted octanol–water partition coefficient (Wildman–Crippen LogP) is 1.06. The molecule has 4 atom stereocenters. The first-order valence-corrected chi connectivity index (χ1v) is 8.04. The van der Waals surface area contributed by atoms with Gasteiger partial charge in [-0.1, -0.05) is 13.8 Å². The van der Waals surface area contributed by atoms with Gasteiger partial charge in [-0.15, -0.1) is 9.05 Å². The molecule has 0 heterocycles. The Kier molecular flexibility index (Phi) is 11.4. The molecule has 7 nitrogen and oxygen atoms in total. The molecule has 0 saturated heterocycles. The standard InChI is InChI=1S/C12H28N2O5P/c1-9(11(13)15)5-3-7-18-20(17)19-8-4-6-10(2)12(14)16/h9-12,15-16H,3-8,13-14H2,1-2H3/q+1. The van der Waals surface area contributed by atoms with Crippen molar-refractivity contribution in [3.63, 3.8) is 0 Å². The van der Waals surface area contributed by atoms with Gasteiger partial charge in [0.25, 0.3) is 0 Å². The highest BCUT2D eigenvalue weighted by Crippen LogP contribution is 2.25. The number of nitrogens with two attached hydrogens (primary N) is 2. The van der Waals surface area contributed by atoms with Crippen molar-refractivity contribution in [3.8, 4) is 0 Å². The highest BCUT2D eigenvalue weighted by molar-refractivity contribution is 7.33. The second-order valence-corrected chi connectivity index (χ2v) is 6.07. The Morgan fingerprint density at radius 3 is 1.60 bits per heavy atom. The summed E-state index contributed by atoms with van der Waals surface area (Å²) in [4.78, 5) is 0. The van der Waals surface area contributed by atoms with Gasteiger partial charge in [0.2, 0.25) is 0 Å². The molecule has 0 radical (unpaired) electrons. The number of rotatable bonds is 12. The monoisotopic (exact) mass is 311 g/mol. The van der Waals surface area contributed by atoms with E-state index >= 15 is 0 Å². The average molecular weight is 311 g/mol. The summed E-state index contributed by atoms with van der Waals surface area (Å²) < 4.78 is 21.4. The van der Waals surface area contributed by atoms with Crippen LogP contribution in [0.4, 0.5) is 0 Å². The average Bonchev–Trinajstić information content (AvgIpc) is 2.38. The van der Waals surface area contributed by atoms with Gasteiger partial charge in [0.05, 0.1) is 0 Å². The molecule has 0 aromatic rings. The molecule has 0 rings (SSSR count). The first-order valence-electron chi connectivity index (χ1n) is 6.95. The van der Waals surface area contributed by atoms with Crippen LogP contribution in [0, 0.1) is 11.8 Å². The summed E-state index contributed by atoms with van der Waals surface area (Å²) in [5, 5.41) is 18.2. The fraction of sp³-hybridized carbons (Fsp3) is 1.00. The van der Waals surface area contributed by atoms with E-state index in [0.29, 0.717) is 38.9 Å². The normalized spacial score (nSPS) is 18.4. The van der Waals surface area contributed by atoms with Gasteiger partial charge in [0, 0.05) is 4.57 Å². The first-order chi connectivity index (χ1) is 9.34. The van der Waals surface area contributed by atoms with Crippen molar-refractivity contribution in [2.24, 2.45) is 23.3 Å². The third-order valence-electron chi connectivity index (χ3n) is 3.17. The van der Waals surface area contributed by atoms with E-state index in [-0.39, 0.29) is 11.8 Å². The number of hydrogen-bond donors (Lipinski definition) is 4. The van der Waals surface area contributed by atoms with Crippen LogP contribution in [-0.2, 0) is 13.6 Å². The molecule has 0 bridgehead atoms. The molecule has 4 unspecified atom stereocenters. The Hall–Kier alpha value is -0.140. The van der Waals surface area contributed by atoms with Crippen molar-refractivity contribution in [1.82, 2.24) is 0 Å². The lowest BCUT2D eigenvalue weighted by Gasteiger charge is -2.12. The van der Waals surface area contributed by atoms with Crippen molar-refractivity contribution < 1.29 is 23.8 Å². The lowest BCUT2D eigenvalue weighted by molar-refractivity contribution is 0.111. The highest BCUT2D eigenvalue weighted by Gasteiger charge is 2.20. The van der Waals surface area contributed by atoms with Gasteiger partial charge in [-0.2, -0.15) is 0 Å². The molecule has 0 aliphatic heterocycles. The Balaban J connectivity index is 3.46. The van der Waals surface area contributed by atoms with E-state index in [1.165, 1.54) is 0 Å². The van der Waals surface area contributed by atoms with Crippen LogP contribution in [0.3, 0.4) is 0 Å². The van der Waals surface area contributed by atoms with Crippen molar-refractivity contribution in [2.45, 2.75) is 52.0 Å². The minimum Gasteiger partial charge on any atom is -0.379 e. The second kappa shape index (κ2) is 11.5. The van der Waals surface area contributed by atoms with Gasteiger partial charge in [0.1, 0.15) is 25.7 Å². The lowest BCUT2D eigenvalue weighted by Crippen LogP contribution is -2.27.